The number of benzene rings is 1. The predicted molar refractivity (Wildman–Crippen MR) is 62.4 cm³/mol. The van der Waals surface area contributed by atoms with E-state index in [9.17, 15) is 4.39 Å². The quantitative estimate of drug-likeness (QED) is 0.881. The van der Waals surface area contributed by atoms with Crippen molar-refractivity contribution >= 4 is 0 Å². The Bertz CT molecular complexity index is 390. The zero-order valence-corrected chi connectivity index (χ0v) is 9.91. The van der Waals surface area contributed by atoms with Gasteiger partial charge >= 0.3 is 0 Å². The van der Waals surface area contributed by atoms with Crippen molar-refractivity contribution in [2.45, 2.75) is 25.9 Å². The van der Waals surface area contributed by atoms with Crippen molar-refractivity contribution in [3.05, 3.63) is 23.3 Å². The molecule has 1 heterocycles. The Labute approximate surface area is 100 Å². The molecule has 2 rings (SSSR count). The minimum absolute atomic E-state index is 0.000631. The van der Waals surface area contributed by atoms with E-state index < -0.39 is 6.17 Å². The van der Waals surface area contributed by atoms with Crippen molar-refractivity contribution in [3.8, 4) is 11.5 Å². The molecule has 3 nitrogen and oxygen atoms in total. The number of alkyl halides is 1. The van der Waals surface area contributed by atoms with E-state index in [1.54, 1.807) is 12.1 Å². The van der Waals surface area contributed by atoms with Gasteiger partial charge in [0.2, 0.25) is 0 Å². The second-order valence-electron chi connectivity index (χ2n) is 4.14. The summed E-state index contributed by atoms with van der Waals surface area (Å²) in [4.78, 5) is 0. The molecule has 0 aliphatic carbocycles. The lowest BCUT2D eigenvalue weighted by Gasteiger charge is -2.15. The summed E-state index contributed by atoms with van der Waals surface area (Å²) in [6.45, 7) is 2.68. The number of halogens is 1. The largest absolute Gasteiger partial charge is 0.490 e. The fraction of sp³-hybridized carbons (Fsp3) is 0.538. The molecule has 0 bridgehead atoms. The van der Waals surface area contributed by atoms with Gasteiger partial charge < -0.3 is 14.6 Å². The highest BCUT2D eigenvalue weighted by atomic mass is 19.1. The predicted octanol–water partition coefficient (Wildman–Crippen LogP) is 2.41. The van der Waals surface area contributed by atoms with Gasteiger partial charge in [-0.1, -0.05) is 0 Å². The van der Waals surface area contributed by atoms with Crippen LogP contribution in [0.3, 0.4) is 0 Å². The average Bonchev–Trinajstić information content (AvgIpc) is 2.52. The van der Waals surface area contributed by atoms with Gasteiger partial charge in [-0.05, 0) is 36.6 Å². The molecule has 0 spiro atoms. The molecule has 1 unspecified atom stereocenters. The molecule has 1 aromatic carbocycles. The molecule has 0 saturated heterocycles. The van der Waals surface area contributed by atoms with Crippen LogP contribution in [0.25, 0.3) is 0 Å². The van der Waals surface area contributed by atoms with Crippen molar-refractivity contribution in [2.75, 3.05) is 19.8 Å². The van der Waals surface area contributed by atoms with E-state index in [4.69, 9.17) is 14.6 Å². The molecule has 0 fully saturated rings. The van der Waals surface area contributed by atoms with E-state index in [1.807, 2.05) is 0 Å². The first-order chi connectivity index (χ1) is 8.22. The van der Waals surface area contributed by atoms with Gasteiger partial charge in [-0.15, -0.1) is 0 Å². The molecular formula is C13H17FO3. The number of ether oxygens (including phenoxy) is 2. The molecule has 0 amide bonds. The molecule has 4 heteroatoms. The Hall–Kier alpha value is -1.29. The number of aliphatic hydroxyl groups excluding tert-OH is 1. The SMILES string of the molecule is CC(F)c1cc2c(cc1CCO)OCCCO2. The summed E-state index contributed by atoms with van der Waals surface area (Å²) >= 11 is 0. The minimum Gasteiger partial charge on any atom is -0.490 e. The summed E-state index contributed by atoms with van der Waals surface area (Å²) in [5.41, 5.74) is 1.36. The molecule has 0 saturated carbocycles. The van der Waals surface area contributed by atoms with Crippen LogP contribution in [-0.2, 0) is 6.42 Å². The Morgan fingerprint density at radius 1 is 1.29 bits per heavy atom. The lowest BCUT2D eigenvalue weighted by Crippen LogP contribution is -2.01. The molecular weight excluding hydrogens is 223 g/mol. The Morgan fingerprint density at radius 3 is 2.53 bits per heavy atom. The molecule has 0 aromatic heterocycles. The first-order valence-electron chi connectivity index (χ1n) is 5.89. The number of fused-ring (bicyclic) bond motifs is 1. The van der Waals surface area contributed by atoms with Crippen molar-refractivity contribution in [1.29, 1.82) is 0 Å². The van der Waals surface area contributed by atoms with Crippen LogP contribution in [0.4, 0.5) is 4.39 Å². The van der Waals surface area contributed by atoms with Crippen molar-refractivity contribution < 1.29 is 19.0 Å². The van der Waals surface area contributed by atoms with Gasteiger partial charge in [-0.2, -0.15) is 0 Å². The summed E-state index contributed by atoms with van der Waals surface area (Å²) in [6.07, 6.45) is 0.179. The van der Waals surface area contributed by atoms with E-state index >= 15 is 0 Å². The van der Waals surface area contributed by atoms with Crippen LogP contribution in [0.15, 0.2) is 12.1 Å². The molecule has 1 atom stereocenters. The van der Waals surface area contributed by atoms with Crippen LogP contribution in [0.1, 0.15) is 30.6 Å². The van der Waals surface area contributed by atoms with Gasteiger partial charge in [-0.25, -0.2) is 4.39 Å². The van der Waals surface area contributed by atoms with Crippen LogP contribution in [0, 0.1) is 0 Å². The summed E-state index contributed by atoms with van der Waals surface area (Å²) in [5, 5.41) is 8.99. The first kappa shape index (κ1) is 12.2. The number of hydrogen-bond acceptors (Lipinski definition) is 3. The second-order valence-corrected chi connectivity index (χ2v) is 4.14. The average molecular weight is 240 g/mol. The molecule has 94 valence electrons. The van der Waals surface area contributed by atoms with Crippen LogP contribution in [0.2, 0.25) is 0 Å². The van der Waals surface area contributed by atoms with Gasteiger partial charge in [0.15, 0.2) is 11.5 Å². The topological polar surface area (TPSA) is 38.7 Å². The molecule has 17 heavy (non-hydrogen) atoms. The van der Waals surface area contributed by atoms with Crippen molar-refractivity contribution in [1.82, 2.24) is 0 Å². The monoisotopic (exact) mass is 240 g/mol. The van der Waals surface area contributed by atoms with E-state index in [-0.39, 0.29) is 6.61 Å². The van der Waals surface area contributed by atoms with E-state index in [2.05, 4.69) is 0 Å². The fourth-order valence-electron chi connectivity index (χ4n) is 1.97. The lowest BCUT2D eigenvalue weighted by atomic mass is 10.0. The molecule has 0 radical (unpaired) electrons. The lowest BCUT2D eigenvalue weighted by molar-refractivity contribution is 0.295. The standard InChI is InChI=1S/C13H17FO3/c1-9(14)11-8-13-12(7-10(11)3-4-15)16-5-2-6-17-13/h7-9,15H,2-6H2,1H3. The van der Waals surface area contributed by atoms with Crippen LogP contribution < -0.4 is 9.47 Å². The summed E-state index contributed by atoms with van der Waals surface area (Å²) < 4.78 is 24.6. The summed E-state index contributed by atoms with van der Waals surface area (Å²) in [7, 11) is 0. The van der Waals surface area contributed by atoms with Crippen molar-refractivity contribution in [3.63, 3.8) is 0 Å². The maximum absolute atomic E-state index is 13.5. The highest BCUT2D eigenvalue weighted by Crippen LogP contribution is 2.36. The Morgan fingerprint density at radius 2 is 1.94 bits per heavy atom. The molecule has 1 aliphatic rings. The van der Waals surface area contributed by atoms with Crippen LogP contribution >= 0.6 is 0 Å². The number of hydrogen-bond donors (Lipinski definition) is 1. The number of aliphatic hydroxyl groups is 1. The van der Waals surface area contributed by atoms with E-state index in [0.29, 0.717) is 36.7 Å². The highest BCUT2D eigenvalue weighted by Gasteiger charge is 2.17. The van der Waals surface area contributed by atoms with E-state index in [0.717, 1.165) is 12.0 Å². The highest BCUT2D eigenvalue weighted by molar-refractivity contribution is 5.48. The third-order valence-electron chi connectivity index (χ3n) is 2.82. The van der Waals surface area contributed by atoms with Crippen LogP contribution in [-0.4, -0.2) is 24.9 Å². The summed E-state index contributed by atoms with van der Waals surface area (Å²) in [6, 6.07) is 3.47. The zero-order valence-electron chi connectivity index (χ0n) is 9.91. The smallest absolute Gasteiger partial charge is 0.161 e. The van der Waals surface area contributed by atoms with E-state index in [1.165, 1.54) is 6.92 Å². The third-order valence-corrected chi connectivity index (χ3v) is 2.82. The molecule has 1 aliphatic heterocycles. The van der Waals surface area contributed by atoms with Gasteiger partial charge in [0, 0.05) is 13.0 Å². The Balaban J connectivity index is 2.41. The summed E-state index contributed by atoms with van der Waals surface area (Å²) in [5.74, 6) is 1.25. The zero-order chi connectivity index (χ0) is 12.3. The van der Waals surface area contributed by atoms with Crippen molar-refractivity contribution in [2.24, 2.45) is 0 Å². The molecule has 1 aromatic rings. The maximum Gasteiger partial charge on any atom is 0.161 e. The number of rotatable bonds is 3. The minimum atomic E-state index is -1.08. The maximum atomic E-state index is 13.5. The Kier molecular flexibility index (Phi) is 3.84. The van der Waals surface area contributed by atoms with Gasteiger partial charge in [0.05, 0.1) is 13.2 Å². The second kappa shape index (κ2) is 5.36. The van der Waals surface area contributed by atoms with Gasteiger partial charge in [-0.3, -0.25) is 0 Å². The van der Waals surface area contributed by atoms with Gasteiger partial charge in [0.25, 0.3) is 0 Å². The first-order valence-corrected chi connectivity index (χ1v) is 5.89. The normalized spacial score (nSPS) is 16.4. The third kappa shape index (κ3) is 2.69. The fourth-order valence-corrected chi connectivity index (χ4v) is 1.97. The van der Waals surface area contributed by atoms with Crippen LogP contribution in [0.5, 0.6) is 11.5 Å². The van der Waals surface area contributed by atoms with Gasteiger partial charge in [0.1, 0.15) is 6.17 Å². The molecule has 1 N–H and O–H groups in total.